The lowest BCUT2D eigenvalue weighted by Crippen LogP contribution is -2.52. The molecule has 1 rings (SSSR count). The van der Waals surface area contributed by atoms with Crippen molar-refractivity contribution >= 4 is 22.0 Å². The van der Waals surface area contributed by atoms with E-state index in [1.807, 2.05) is 27.7 Å². The number of ether oxygens (including phenoxy) is 1. The number of rotatable bonds is 1. The van der Waals surface area contributed by atoms with Gasteiger partial charge < -0.3 is 9.64 Å². The molecule has 0 aromatic carbocycles. The van der Waals surface area contributed by atoms with Gasteiger partial charge in [-0.15, -0.1) is 0 Å². The second-order valence-electron chi connectivity index (χ2n) is 5.95. The van der Waals surface area contributed by atoms with Crippen molar-refractivity contribution in [2.75, 3.05) is 18.4 Å². The molecule has 0 bridgehead atoms. The molecule has 2 atom stereocenters. The average molecular weight is 310 g/mol. The average Bonchev–Trinajstić information content (AvgIpc) is 2.14. The summed E-state index contributed by atoms with van der Waals surface area (Å²) in [6.45, 7) is 8.06. The predicted molar refractivity (Wildman–Crippen MR) is 69.2 cm³/mol. The minimum atomic E-state index is -1.34. The first-order chi connectivity index (χ1) is 7.65. The van der Waals surface area contributed by atoms with Gasteiger partial charge in [0.1, 0.15) is 11.3 Å². The molecule has 5 heteroatoms. The summed E-state index contributed by atoms with van der Waals surface area (Å²) in [5.74, 6) is 0.152. The molecule has 1 heterocycles. The van der Waals surface area contributed by atoms with E-state index in [9.17, 15) is 9.18 Å². The molecule has 0 radical (unpaired) electrons. The number of carbonyl (C=O) groups excluding carboxylic acids is 1. The Morgan fingerprint density at radius 1 is 1.59 bits per heavy atom. The van der Waals surface area contributed by atoms with E-state index >= 15 is 0 Å². The van der Waals surface area contributed by atoms with E-state index in [2.05, 4.69) is 15.9 Å². The fourth-order valence-corrected chi connectivity index (χ4v) is 2.51. The highest BCUT2D eigenvalue weighted by Gasteiger charge is 2.40. The first-order valence-corrected chi connectivity index (χ1v) is 7.00. The Labute approximate surface area is 111 Å². The summed E-state index contributed by atoms with van der Waals surface area (Å²) in [6.07, 6.45) is 0.0596. The van der Waals surface area contributed by atoms with Gasteiger partial charge in [-0.2, -0.15) is 0 Å². The summed E-state index contributed by atoms with van der Waals surface area (Å²) >= 11 is 3.18. The van der Waals surface area contributed by atoms with Gasteiger partial charge >= 0.3 is 6.09 Å². The number of halogens is 2. The lowest BCUT2D eigenvalue weighted by atomic mass is 9.89. The fourth-order valence-electron chi connectivity index (χ4n) is 2.10. The van der Waals surface area contributed by atoms with Crippen molar-refractivity contribution in [2.24, 2.45) is 5.92 Å². The van der Waals surface area contributed by atoms with Gasteiger partial charge in [0.2, 0.25) is 0 Å². The summed E-state index contributed by atoms with van der Waals surface area (Å²) in [7, 11) is 0. The molecule has 0 saturated carbocycles. The van der Waals surface area contributed by atoms with Crippen molar-refractivity contribution in [1.29, 1.82) is 0 Å². The van der Waals surface area contributed by atoms with Crippen LogP contribution >= 0.6 is 15.9 Å². The van der Waals surface area contributed by atoms with Crippen LogP contribution in [0.2, 0.25) is 0 Å². The molecule has 17 heavy (non-hydrogen) atoms. The van der Waals surface area contributed by atoms with Gasteiger partial charge in [-0.05, 0) is 33.1 Å². The minimum Gasteiger partial charge on any atom is -0.444 e. The van der Waals surface area contributed by atoms with E-state index in [-0.39, 0.29) is 17.8 Å². The maximum absolute atomic E-state index is 14.3. The molecule has 1 amide bonds. The highest BCUT2D eigenvalue weighted by Crippen LogP contribution is 2.31. The van der Waals surface area contributed by atoms with Crippen LogP contribution in [0.5, 0.6) is 0 Å². The van der Waals surface area contributed by atoms with Crippen LogP contribution in [0.1, 0.15) is 34.1 Å². The molecule has 2 unspecified atom stereocenters. The van der Waals surface area contributed by atoms with Gasteiger partial charge in [-0.3, -0.25) is 0 Å². The monoisotopic (exact) mass is 309 g/mol. The van der Waals surface area contributed by atoms with Gasteiger partial charge in [0.05, 0.1) is 6.54 Å². The Balaban J connectivity index is 2.68. The normalized spacial score (nSPS) is 30.2. The third-order valence-corrected chi connectivity index (χ3v) is 3.62. The van der Waals surface area contributed by atoms with Gasteiger partial charge in [-0.1, -0.05) is 22.9 Å². The van der Waals surface area contributed by atoms with E-state index < -0.39 is 17.4 Å². The molecule has 0 aromatic rings. The fraction of sp³-hybridized carbons (Fsp3) is 0.917. The van der Waals surface area contributed by atoms with Crippen LogP contribution in [0.15, 0.2) is 0 Å². The molecule has 3 nitrogen and oxygen atoms in total. The van der Waals surface area contributed by atoms with Crippen LogP contribution < -0.4 is 0 Å². The molecule has 1 fully saturated rings. The summed E-state index contributed by atoms with van der Waals surface area (Å²) in [5, 5.41) is 0.254. The summed E-state index contributed by atoms with van der Waals surface area (Å²) in [5.41, 5.74) is -1.88. The maximum Gasteiger partial charge on any atom is 0.410 e. The van der Waals surface area contributed by atoms with Crippen molar-refractivity contribution in [3.8, 4) is 0 Å². The summed E-state index contributed by atoms with van der Waals surface area (Å²) < 4.78 is 19.6. The molecule has 0 aromatic heterocycles. The zero-order chi connectivity index (χ0) is 13.3. The zero-order valence-corrected chi connectivity index (χ0v) is 12.5. The smallest absolute Gasteiger partial charge is 0.410 e. The predicted octanol–water partition coefficient (Wildman–Crippen LogP) is 3.37. The number of amides is 1. The van der Waals surface area contributed by atoms with Crippen molar-refractivity contribution in [3.63, 3.8) is 0 Å². The van der Waals surface area contributed by atoms with E-state index in [1.165, 1.54) is 4.90 Å². The van der Waals surface area contributed by atoms with E-state index in [0.717, 1.165) is 0 Å². The van der Waals surface area contributed by atoms with Gasteiger partial charge in [0, 0.05) is 11.9 Å². The highest BCUT2D eigenvalue weighted by atomic mass is 79.9. The Hall–Kier alpha value is -0.320. The molecule has 1 aliphatic rings. The van der Waals surface area contributed by atoms with Gasteiger partial charge in [0.25, 0.3) is 0 Å². The number of piperidine rings is 1. The number of hydrogen-bond acceptors (Lipinski definition) is 2. The summed E-state index contributed by atoms with van der Waals surface area (Å²) in [4.78, 5) is 13.4. The highest BCUT2D eigenvalue weighted by molar-refractivity contribution is 9.09. The maximum atomic E-state index is 14.3. The van der Waals surface area contributed by atoms with Gasteiger partial charge in [-0.25, -0.2) is 9.18 Å². The topological polar surface area (TPSA) is 29.5 Å². The summed E-state index contributed by atoms with van der Waals surface area (Å²) in [6, 6.07) is 0. The Bertz CT molecular complexity index is 293. The minimum absolute atomic E-state index is 0.109. The van der Waals surface area contributed by atoms with Crippen molar-refractivity contribution in [2.45, 2.75) is 45.4 Å². The number of hydrogen-bond donors (Lipinski definition) is 0. The van der Waals surface area contributed by atoms with Crippen LogP contribution in [-0.2, 0) is 4.74 Å². The number of likely N-dealkylation sites (tertiary alicyclic amines) is 1. The van der Waals surface area contributed by atoms with Crippen molar-refractivity contribution < 1.29 is 13.9 Å². The van der Waals surface area contributed by atoms with Crippen LogP contribution in [0.3, 0.4) is 0 Å². The Morgan fingerprint density at radius 2 is 2.18 bits per heavy atom. The quantitative estimate of drug-likeness (QED) is 0.695. The largest absolute Gasteiger partial charge is 0.444 e. The Morgan fingerprint density at radius 3 is 2.65 bits per heavy atom. The van der Waals surface area contributed by atoms with Crippen LogP contribution in [0.25, 0.3) is 0 Å². The van der Waals surface area contributed by atoms with Crippen LogP contribution in [0.4, 0.5) is 9.18 Å². The first kappa shape index (κ1) is 14.7. The zero-order valence-electron chi connectivity index (χ0n) is 10.9. The second kappa shape index (κ2) is 5.12. The number of nitrogens with zero attached hydrogens (tertiary/aromatic N) is 1. The lowest BCUT2D eigenvalue weighted by molar-refractivity contribution is -0.0101. The van der Waals surface area contributed by atoms with Crippen molar-refractivity contribution in [1.82, 2.24) is 4.90 Å². The van der Waals surface area contributed by atoms with E-state index in [4.69, 9.17) is 4.74 Å². The van der Waals surface area contributed by atoms with Crippen molar-refractivity contribution in [3.05, 3.63) is 0 Å². The molecular formula is C12H21BrFNO2. The molecule has 0 spiro atoms. The third kappa shape index (κ3) is 4.45. The van der Waals surface area contributed by atoms with Gasteiger partial charge in [0.15, 0.2) is 0 Å². The lowest BCUT2D eigenvalue weighted by Gasteiger charge is -2.40. The first-order valence-electron chi connectivity index (χ1n) is 5.88. The molecule has 0 aliphatic carbocycles. The number of carbonyl (C=O) groups is 1. The Kier molecular flexibility index (Phi) is 4.44. The second-order valence-corrected chi connectivity index (χ2v) is 6.52. The number of alkyl halides is 2. The van der Waals surface area contributed by atoms with Crippen LogP contribution in [0, 0.1) is 5.92 Å². The van der Waals surface area contributed by atoms with Crippen LogP contribution in [-0.4, -0.2) is 40.7 Å². The third-order valence-electron chi connectivity index (χ3n) is 2.61. The molecule has 1 aliphatic heterocycles. The SMILES string of the molecule is CC1CN(C(=O)OC(C)(C)C)CC(F)(CBr)C1. The van der Waals surface area contributed by atoms with E-state index in [0.29, 0.717) is 13.0 Å². The van der Waals surface area contributed by atoms with E-state index in [1.54, 1.807) is 0 Å². The standard InChI is InChI=1S/C12H21BrFNO2/c1-9-5-12(14,7-13)8-15(6-9)10(16)17-11(2,3)4/h9H,5-8H2,1-4H3. The molecule has 1 saturated heterocycles. The molecule has 0 N–H and O–H groups in total. The molecular weight excluding hydrogens is 289 g/mol. The molecule has 100 valence electrons.